The quantitative estimate of drug-likeness (QED) is 0.358. The van der Waals surface area contributed by atoms with Gasteiger partial charge >= 0.3 is 6.18 Å². The summed E-state index contributed by atoms with van der Waals surface area (Å²) in [6.07, 6.45) is 1.01. The Morgan fingerprint density at radius 3 is 2.63 bits per heavy atom. The van der Waals surface area contributed by atoms with Crippen molar-refractivity contribution in [2.75, 3.05) is 25.7 Å². The van der Waals surface area contributed by atoms with Crippen molar-refractivity contribution >= 4 is 17.5 Å². The molecule has 1 aliphatic rings. The summed E-state index contributed by atoms with van der Waals surface area (Å²) < 4.78 is 49.3. The van der Waals surface area contributed by atoms with Gasteiger partial charge in [0, 0.05) is 49.4 Å². The lowest BCUT2D eigenvalue weighted by Gasteiger charge is -2.21. The van der Waals surface area contributed by atoms with Gasteiger partial charge in [-0.3, -0.25) is 4.57 Å². The number of ether oxygens (including phenoxy) is 2. The first-order valence-electron chi connectivity index (χ1n) is 11.3. The molecule has 35 heavy (non-hydrogen) atoms. The van der Waals surface area contributed by atoms with Gasteiger partial charge in [0.15, 0.2) is 6.61 Å². The molecule has 0 bridgehead atoms. The summed E-state index contributed by atoms with van der Waals surface area (Å²) in [5.41, 5.74) is 1.81. The zero-order chi connectivity index (χ0) is 25.0. The molecule has 3 aromatic rings. The van der Waals surface area contributed by atoms with Gasteiger partial charge in [-0.15, -0.1) is 10.2 Å². The first-order valence-corrected chi connectivity index (χ1v) is 11.7. The van der Waals surface area contributed by atoms with Crippen LogP contribution in [0.3, 0.4) is 0 Å². The normalized spacial score (nSPS) is 13.7. The van der Waals surface area contributed by atoms with Gasteiger partial charge in [-0.2, -0.15) is 13.2 Å². The third-order valence-electron chi connectivity index (χ3n) is 5.77. The number of halogens is 4. The largest absolute Gasteiger partial charge is 0.496 e. The Balaban J connectivity index is 1.48. The maximum atomic E-state index is 12.3. The zero-order valence-corrected chi connectivity index (χ0v) is 20.3. The molecule has 0 radical (unpaired) electrons. The lowest BCUT2D eigenvalue weighted by atomic mass is 10.2. The minimum absolute atomic E-state index is 0.0549. The highest BCUT2D eigenvalue weighted by atomic mass is 35.5. The van der Waals surface area contributed by atoms with Crippen molar-refractivity contribution in [2.45, 2.75) is 44.9 Å². The summed E-state index contributed by atoms with van der Waals surface area (Å²) >= 11 is 6.20. The van der Waals surface area contributed by atoms with Crippen LogP contribution in [0.4, 0.5) is 19.1 Å². The van der Waals surface area contributed by atoms with E-state index in [-0.39, 0.29) is 5.88 Å². The number of rotatable bonds is 11. The Morgan fingerprint density at radius 1 is 1.17 bits per heavy atom. The molecule has 11 heteroatoms. The van der Waals surface area contributed by atoms with Gasteiger partial charge in [0.1, 0.15) is 11.6 Å². The number of benzene rings is 1. The van der Waals surface area contributed by atoms with E-state index in [0.717, 1.165) is 35.1 Å². The number of pyridine rings is 1. The van der Waals surface area contributed by atoms with E-state index in [4.69, 9.17) is 21.1 Å². The molecule has 188 valence electrons. The van der Waals surface area contributed by atoms with E-state index in [0.29, 0.717) is 30.5 Å². The molecule has 0 saturated heterocycles. The van der Waals surface area contributed by atoms with Crippen molar-refractivity contribution in [2.24, 2.45) is 5.92 Å². The SMILES string of the molecule is COc1ccc(Cl)cc1CN(C)c1nnc(CC2CC2)n1CCc1ccc(OCC(F)(F)F)nc1. The average Bonchev–Trinajstić information content (AvgIpc) is 3.54. The molecule has 4 rings (SSSR count). The summed E-state index contributed by atoms with van der Waals surface area (Å²) in [4.78, 5) is 6.01. The first-order chi connectivity index (χ1) is 16.7. The standard InChI is InChI=1S/C24H27ClF3N5O2/c1-32(14-18-12-19(25)6-7-20(18)34-2)23-31-30-21(11-16-3-4-16)33(23)10-9-17-5-8-22(29-13-17)35-15-24(26,27)28/h5-8,12-13,16H,3-4,9-11,14-15H2,1-2H3. The number of hydrogen-bond donors (Lipinski definition) is 0. The van der Waals surface area contributed by atoms with Gasteiger partial charge < -0.3 is 14.4 Å². The van der Waals surface area contributed by atoms with Gasteiger partial charge in [0.05, 0.1) is 7.11 Å². The fraction of sp³-hybridized carbons (Fsp3) is 0.458. The van der Waals surface area contributed by atoms with Crippen LogP contribution in [0, 0.1) is 5.92 Å². The predicted octanol–water partition coefficient (Wildman–Crippen LogP) is 5.11. The van der Waals surface area contributed by atoms with Gasteiger partial charge in [-0.05, 0) is 48.9 Å². The molecule has 1 fully saturated rings. The van der Waals surface area contributed by atoms with E-state index in [2.05, 4.69) is 19.7 Å². The van der Waals surface area contributed by atoms with Gasteiger partial charge in [-0.25, -0.2) is 4.98 Å². The number of methoxy groups -OCH3 is 1. The van der Waals surface area contributed by atoms with E-state index >= 15 is 0 Å². The minimum Gasteiger partial charge on any atom is -0.496 e. The third-order valence-corrected chi connectivity index (χ3v) is 6.01. The lowest BCUT2D eigenvalue weighted by Crippen LogP contribution is -2.22. The lowest BCUT2D eigenvalue weighted by molar-refractivity contribution is -0.154. The van der Waals surface area contributed by atoms with E-state index in [1.54, 1.807) is 19.2 Å². The number of hydrogen-bond acceptors (Lipinski definition) is 6. The zero-order valence-electron chi connectivity index (χ0n) is 19.6. The van der Waals surface area contributed by atoms with Crippen LogP contribution < -0.4 is 14.4 Å². The number of alkyl halides is 3. The Morgan fingerprint density at radius 2 is 1.97 bits per heavy atom. The van der Waals surface area contributed by atoms with Crippen LogP contribution in [0.1, 0.15) is 29.8 Å². The van der Waals surface area contributed by atoms with Gasteiger partial charge in [0.25, 0.3) is 0 Å². The van der Waals surface area contributed by atoms with Crippen LogP contribution in [0.25, 0.3) is 0 Å². The van der Waals surface area contributed by atoms with E-state index < -0.39 is 12.8 Å². The molecular formula is C24H27ClF3N5O2. The number of nitrogens with zero attached hydrogens (tertiary/aromatic N) is 5. The molecule has 0 atom stereocenters. The topological polar surface area (TPSA) is 65.3 Å². The highest BCUT2D eigenvalue weighted by Crippen LogP contribution is 2.33. The second-order valence-electron chi connectivity index (χ2n) is 8.69. The Kier molecular flexibility index (Phi) is 7.69. The molecule has 1 saturated carbocycles. The number of aromatic nitrogens is 4. The van der Waals surface area contributed by atoms with Crippen LogP contribution >= 0.6 is 11.6 Å². The molecule has 0 unspecified atom stereocenters. The summed E-state index contributed by atoms with van der Waals surface area (Å²) in [6, 6.07) is 8.68. The second-order valence-corrected chi connectivity index (χ2v) is 9.12. The third kappa shape index (κ3) is 7.00. The average molecular weight is 510 g/mol. The van der Waals surface area contributed by atoms with Crippen LogP contribution in [-0.4, -0.2) is 46.7 Å². The maximum absolute atomic E-state index is 12.3. The summed E-state index contributed by atoms with van der Waals surface area (Å²) in [5, 5.41) is 9.56. The predicted molar refractivity (Wildman–Crippen MR) is 126 cm³/mol. The van der Waals surface area contributed by atoms with Crippen molar-refractivity contribution in [3.05, 3.63) is 58.5 Å². The molecule has 0 amide bonds. The fourth-order valence-electron chi connectivity index (χ4n) is 3.81. The molecule has 1 aromatic carbocycles. The monoisotopic (exact) mass is 509 g/mol. The molecule has 2 heterocycles. The summed E-state index contributed by atoms with van der Waals surface area (Å²) in [6.45, 7) is -0.235. The maximum Gasteiger partial charge on any atom is 0.422 e. The van der Waals surface area contributed by atoms with Crippen molar-refractivity contribution in [3.8, 4) is 11.6 Å². The highest BCUT2D eigenvalue weighted by molar-refractivity contribution is 6.30. The molecule has 1 aliphatic carbocycles. The van der Waals surface area contributed by atoms with Crippen LogP contribution in [0.5, 0.6) is 11.6 Å². The highest BCUT2D eigenvalue weighted by Gasteiger charge is 2.29. The Labute approximate surface area is 206 Å². The molecule has 0 spiro atoms. The summed E-state index contributed by atoms with van der Waals surface area (Å²) in [7, 11) is 3.56. The first kappa shape index (κ1) is 25.1. The number of aryl methyl sites for hydroxylation is 1. The Bertz CT molecular complexity index is 1130. The van der Waals surface area contributed by atoms with E-state index in [1.165, 1.54) is 25.1 Å². The van der Waals surface area contributed by atoms with Crippen LogP contribution in [-0.2, 0) is 25.9 Å². The second kappa shape index (κ2) is 10.7. The van der Waals surface area contributed by atoms with Crippen LogP contribution in [0.15, 0.2) is 36.5 Å². The summed E-state index contributed by atoms with van der Waals surface area (Å²) in [5.74, 6) is 2.97. The number of anilines is 1. The minimum atomic E-state index is -4.40. The van der Waals surface area contributed by atoms with Gasteiger partial charge in [0.2, 0.25) is 11.8 Å². The molecular weight excluding hydrogens is 483 g/mol. The Hall–Kier alpha value is -3.01. The van der Waals surface area contributed by atoms with Gasteiger partial charge in [-0.1, -0.05) is 17.7 Å². The molecule has 0 aliphatic heterocycles. The van der Waals surface area contributed by atoms with Crippen LogP contribution in [0.2, 0.25) is 5.02 Å². The molecule has 7 nitrogen and oxygen atoms in total. The van der Waals surface area contributed by atoms with E-state index in [9.17, 15) is 13.2 Å². The van der Waals surface area contributed by atoms with Crippen molar-refractivity contribution in [1.29, 1.82) is 0 Å². The molecule has 2 aromatic heterocycles. The fourth-order valence-corrected chi connectivity index (χ4v) is 4.00. The van der Waals surface area contributed by atoms with Crippen molar-refractivity contribution in [3.63, 3.8) is 0 Å². The van der Waals surface area contributed by atoms with Crippen molar-refractivity contribution < 1.29 is 22.6 Å². The van der Waals surface area contributed by atoms with Crippen molar-refractivity contribution in [1.82, 2.24) is 19.7 Å². The molecule has 0 N–H and O–H groups in total. The smallest absolute Gasteiger partial charge is 0.422 e. The van der Waals surface area contributed by atoms with E-state index in [1.807, 2.05) is 24.1 Å².